The molecule has 68 valence electrons. The van der Waals surface area contributed by atoms with Crippen LogP contribution in [0.3, 0.4) is 0 Å². The van der Waals surface area contributed by atoms with Crippen LogP contribution in [0.25, 0.3) is 0 Å². The summed E-state index contributed by atoms with van der Waals surface area (Å²) in [5, 5.41) is 0. The number of alkyl halides is 3. The van der Waals surface area contributed by atoms with E-state index in [0.29, 0.717) is 6.54 Å². The van der Waals surface area contributed by atoms with Gasteiger partial charge in [-0.1, -0.05) is 13.8 Å². The first-order valence-corrected chi connectivity index (χ1v) is 3.56. The van der Waals surface area contributed by atoms with Crippen LogP contribution in [0.4, 0.5) is 13.2 Å². The highest BCUT2D eigenvalue weighted by atomic mass is 19.4. The Labute approximate surface area is 65.2 Å². The van der Waals surface area contributed by atoms with Crippen molar-refractivity contribution in [3.8, 4) is 0 Å². The highest BCUT2D eigenvalue weighted by Gasteiger charge is 2.28. The van der Waals surface area contributed by atoms with Crippen LogP contribution in [0.1, 0.15) is 13.8 Å². The summed E-state index contributed by atoms with van der Waals surface area (Å²) < 4.78 is 35.1. The summed E-state index contributed by atoms with van der Waals surface area (Å²) in [5.74, 6) is 0.280. The van der Waals surface area contributed by atoms with Crippen LogP contribution in [0.5, 0.6) is 0 Å². The summed E-state index contributed by atoms with van der Waals surface area (Å²) in [6, 6.07) is 0. The first kappa shape index (κ1) is 10.8. The Morgan fingerprint density at radius 1 is 1.27 bits per heavy atom. The topological polar surface area (TPSA) is 3.24 Å². The third-order valence-electron chi connectivity index (χ3n) is 1.13. The summed E-state index contributed by atoms with van der Waals surface area (Å²) in [6.07, 6.45) is -4.07. The Bertz CT molecular complexity index is 109. The molecule has 0 aromatic carbocycles. The van der Waals surface area contributed by atoms with E-state index in [4.69, 9.17) is 0 Å². The molecular formula is C7H14F3N. The lowest BCUT2D eigenvalue weighted by Gasteiger charge is -2.19. The van der Waals surface area contributed by atoms with E-state index < -0.39 is 12.7 Å². The van der Waals surface area contributed by atoms with Gasteiger partial charge in [-0.2, -0.15) is 13.2 Å². The van der Waals surface area contributed by atoms with Gasteiger partial charge in [-0.25, -0.2) is 0 Å². The molecule has 0 spiro atoms. The number of rotatable bonds is 3. The summed E-state index contributed by atoms with van der Waals surface area (Å²) in [4.78, 5) is 1.28. The number of nitrogens with zero attached hydrogens (tertiary/aromatic N) is 1. The minimum atomic E-state index is -4.07. The van der Waals surface area contributed by atoms with Crippen LogP contribution in [0.15, 0.2) is 0 Å². The summed E-state index contributed by atoms with van der Waals surface area (Å²) in [6.45, 7) is 3.46. The molecular weight excluding hydrogens is 155 g/mol. The Morgan fingerprint density at radius 2 is 1.73 bits per heavy atom. The summed E-state index contributed by atoms with van der Waals surface area (Å²) in [5.41, 5.74) is 0. The molecule has 1 nitrogen and oxygen atoms in total. The molecule has 0 unspecified atom stereocenters. The van der Waals surface area contributed by atoms with Crippen LogP contribution in [0.2, 0.25) is 0 Å². The molecule has 0 radical (unpaired) electrons. The van der Waals surface area contributed by atoms with Gasteiger partial charge in [0.1, 0.15) is 0 Å². The average Bonchev–Trinajstić information content (AvgIpc) is 1.53. The lowest BCUT2D eigenvalue weighted by Crippen LogP contribution is -2.33. The third-order valence-corrected chi connectivity index (χ3v) is 1.13. The lowest BCUT2D eigenvalue weighted by molar-refractivity contribution is -0.143. The zero-order chi connectivity index (χ0) is 9.07. The maximum absolute atomic E-state index is 11.7. The maximum atomic E-state index is 11.7. The molecule has 0 heterocycles. The van der Waals surface area contributed by atoms with Gasteiger partial charge in [0.2, 0.25) is 0 Å². The minimum Gasteiger partial charge on any atom is -0.298 e. The van der Waals surface area contributed by atoms with Crippen molar-refractivity contribution in [2.75, 3.05) is 20.1 Å². The van der Waals surface area contributed by atoms with E-state index in [-0.39, 0.29) is 5.92 Å². The predicted octanol–water partition coefficient (Wildman–Crippen LogP) is 2.14. The van der Waals surface area contributed by atoms with Gasteiger partial charge in [0.25, 0.3) is 0 Å². The number of halogens is 3. The fourth-order valence-electron chi connectivity index (χ4n) is 0.994. The number of hydrogen-bond acceptors (Lipinski definition) is 1. The Hall–Kier alpha value is -0.250. The fourth-order valence-corrected chi connectivity index (χ4v) is 0.994. The first-order valence-electron chi connectivity index (χ1n) is 3.56. The zero-order valence-corrected chi connectivity index (χ0v) is 7.07. The summed E-state index contributed by atoms with van der Waals surface area (Å²) >= 11 is 0. The van der Waals surface area contributed by atoms with E-state index >= 15 is 0 Å². The second-order valence-electron chi connectivity index (χ2n) is 3.21. The minimum absolute atomic E-state index is 0.280. The maximum Gasteiger partial charge on any atom is 0.401 e. The van der Waals surface area contributed by atoms with E-state index in [1.807, 2.05) is 13.8 Å². The van der Waals surface area contributed by atoms with Gasteiger partial charge < -0.3 is 0 Å². The molecule has 0 aliphatic rings. The van der Waals surface area contributed by atoms with Crippen molar-refractivity contribution in [2.45, 2.75) is 20.0 Å². The Balaban J connectivity index is 3.61. The molecule has 0 bridgehead atoms. The largest absolute Gasteiger partial charge is 0.401 e. The average molecular weight is 169 g/mol. The van der Waals surface area contributed by atoms with Crippen LogP contribution < -0.4 is 0 Å². The van der Waals surface area contributed by atoms with Gasteiger partial charge in [-0.3, -0.25) is 4.90 Å². The molecule has 0 aromatic rings. The van der Waals surface area contributed by atoms with Crippen molar-refractivity contribution in [2.24, 2.45) is 5.92 Å². The molecule has 4 heteroatoms. The molecule has 0 saturated carbocycles. The normalized spacial score (nSPS) is 13.1. The fraction of sp³-hybridized carbons (Fsp3) is 1.00. The Morgan fingerprint density at radius 3 is 2.00 bits per heavy atom. The van der Waals surface area contributed by atoms with E-state index in [9.17, 15) is 13.2 Å². The van der Waals surface area contributed by atoms with Crippen molar-refractivity contribution in [3.63, 3.8) is 0 Å². The van der Waals surface area contributed by atoms with Crippen molar-refractivity contribution < 1.29 is 13.2 Å². The quantitative estimate of drug-likeness (QED) is 0.625. The third kappa shape index (κ3) is 7.65. The van der Waals surface area contributed by atoms with Gasteiger partial charge in [0, 0.05) is 6.54 Å². The van der Waals surface area contributed by atoms with E-state index in [0.717, 1.165) is 0 Å². The highest BCUT2D eigenvalue weighted by molar-refractivity contribution is 4.59. The number of hydrogen-bond donors (Lipinski definition) is 0. The van der Waals surface area contributed by atoms with Crippen molar-refractivity contribution in [3.05, 3.63) is 0 Å². The van der Waals surface area contributed by atoms with Crippen molar-refractivity contribution >= 4 is 0 Å². The molecule has 0 fully saturated rings. The van der Waals surface area contributed by atoms with Gasteiger partial charge in [0.15, 0.2) is 0 Å². The second-order valence-corrected chi connectivity index (χ2v) is 3.21. The molecule has 0 atom stereocenters. The molecule has 0 aromatic heterocycles. The second kappa shape index (κ2) is 3.95. The van der Waals surface area contributed by atoms with E-state index in [2.05, 4.69) is 0 Å². The monoisotopic (exact) mass is 169 g/mol. The standard InChI is InChI=1S/C7H14F3N/c1-6(2)4-11(3)5-7(8,9)10/h6H,4-5H2,1-3H3. The molecule has 0 rings (SSSR count). The SMILES string of the molecule is CC(C)CN(C)CC(F)(F)F. The predicted molar refractivity (Wildman–Crippen MR) is 38.4 cm³/mol. The van der Waals surface area contributed by atoms with Gasteiger partial charge >= 0.3 is 6.18 Å². The molecule has 11 heavy (non-hydrogen) atoms. The van der Waals surface area contributed by atoms with Crippen LogP contribution in [0, 0.1) is 5.92 Å². The smallest absolute Gasteiger partial charge is 0.298 e. The van der Waals surface area contributed by atoms with Gasteiger partial charge in [-0.15, -0.1) is 0 Å². The highest BCUT2D eigenvalue weighted by Crippen LogP contribution is 2.15. The van der Waals surface area contributed by atoms with Crippen molar-refractivity contribution in [1.82, 2.24) is 4.90 Å². The molecule has 0 N–H and O–H groups in total. The van der Waals surface area contributed by atoms with E-state index in [1.165, 1.54) is 11.9 Å². The molecule has 0 aliphatic heterocycles. The van der Waals surface area contributed by atoms with Crippen LogP contribution >= 0.6 is 0 Å². The Kier molecular flexibility index (Phi) is 3.86. The molecule has 0 amide bonds. The van der Waals surface area contributed by atoms with Crippen LogP contribution in [-0.2, 0) is 0 Å². The van der Waals surface area contributed by atoms with Gasteiger partial charge in [-0.05, 0) is 13.0 Å². The first-order chi connectivity index (χ1) is 4.81. The zero-order valence-electron chi connectivity index (χ0n) is 7.07. The molecule has 0 aliphatic carbocycles. The van der Waals surface area contributed by atoms with Crippen molar-refractivity contribution in [1.29, 1.82) is 0 Å². The lowest BCUT2D eigenvalue weighted by atomic mass is 10.2. The van der Waals surface area contributed by atoms with E-state index in [1.54, 1.807) is 0 Å². The van der Waals surface area contributed by atoms with Gasteiger partial charge in [0.05, 0.1) is 6.54 Å². The molecule has 0 saturated heterocycles. The van der Waals surface area contributed by atoms with Crippen LogP contribution in [-0.4, -0.2) is 31.2 Å². The summed E-state index contributed by atoms with van der Waals surface area (Å²) in [7, 11) is 1.48.